The minimum atomic E-state index is -1.53. The first-order valence-corrected chi connectivity index (χ1v) is 24.4. The van der Waals surface area contributed by atoms with Crippen LogP contribution >= 0.6 is 11.3 Å². The van der Waals surface area contributed by atoms with Crippen molar-refractivity contribution in [2.24, 2.45) is 0 Å². The van der Waals surface area contributed by atoms with Crippen LogP contribution in [-0.4, -0.2) is 32.6 Å². The maximum atomic E-state index is 12.8. The second kappa shape index (κ2) is 16.6. The first kappa shape index (κ1) is 40.7. The largest absolute Gasteiger partial charge is 0.333 e. The number of imidazole rings is 1. The van der Waals surface area contributed by atoms with E-state index in [4.69, 9.17) is 16.3 Å². The van der Waals surface area contributed by atoms with Crippen LogP contribution in [0.2, 0.25) is 19.6 Å². The topological polar surface area (TPSA) is 56.5 Å². The van der Waals surface area contributed by atoms with E-state index < -0.39 is 8.07 Å². The molecule has 5 heterocycles. The summed E-state index contributed by atoms with van der Waals surface area (Å²) < 4.78 is 24.3. The first-order chi connectivity index (χ1) is 29.2. The number of aryl methyl sites for hydroxylation is 1. The quantitative estimate of drug-likeness (QED) is 0.127. The molecule has 0 amide bonds. The van der Waals surface area contributed by atoms with E-state index in [1.807, 2.05) is 19.1 Å². The van der Waals surface area contributed by atoms with Gasteiger partial charge in [0, 0.05) is 60.0 Å². The van der Waals surface area contributed by atoms with E-state index in [-0.39, 0.29) is 31.3 Å². The number of fused-ring (bicyclic) bond motifs is 6. The Hall–Kier alpha value is -5.70. The Balaban J connectivity index is 0.000000235. The van der Waals surface area contributed by atoms with Crippen LogP contribution in [0, 0.1) is 24.9 Å². The van der Waals surface area contributed by atoms with Crippen LogP contribution in [0.25, 0.3) is 81.7 Å². The van der Waals surface area contributed by atoms with Gasteiger partial charge in [-0.25, -0.2) is 4.98 Å². The van der Waals surface area contributed by atoms with E-state index in [2.05, 4.69) is 153 Å². The zero-order valence-electron chi connectivity index (χ0n) is 36.1. The second-order valence-electron chi connectivity index (χ2n) is 17.1. The molecule has 0 bridgehead atoms. The maximum Gasteiger partial charge on any atom is 0.114 e. The molecule has 0 aliphatic carbocycles. The Labute approximate surface area is 376 Å². The van der Waals surface area contributed by atoms with E-state index in [0.717, 1.165) is 65.1 Å². The number of rotatable bonds is 5. The summed E-state index contributed by atoms with van der Waals surface area (Å²) in [6.45, 7) is 15.2. The summed E-state index contributed by atoms with van der Waals surface area (Å²) in [4.78, 5) is 20.6. The second-order valence-corrected chi connectivity index (χ2v) is 23.2. The van der Waals surface area contributed by atoms with E-state index in [1.54, 1.807) is 29.7 Å². The van der Waals surface area contributed by atoms with E-state index >= 15 is 0 Å². The third-order valence-corrected chi connectivity index (χ3v) is 13.7. The van der Waals surface area contributed by atoms with Gasteiger partial charge in [0.25, 0.3) is 0 Å². The Bertz CT molecular complexity index is 3240. The molecule has 9 heteroatoms. The number of benzene rings is 5. The Morgan fingerprint density at radius 2 is 1.48 bits per heavy atom. The monoisotopic (exact) mass is 1010 g/mol. The molecule has 10 aromatic rings. The number of pyridine rings is 3. The minimum Gasteiger partial charge on any atom is -0.333 e. The number of aromatic nitrogens is 5. The van der Waals surface area contributed by atoms with Gasteiger partial charge in [0.2, 0.25) is 0 Å². The van der Waals surface area contributed by atoms with Crippen molar-refractivity contribution in [3.8, 4) is 39.5 Å². The molecule has 1 radical (unpaired) electrons. The molecular weight excluding hydrogens is 966 g/mol. The van der Waals surface area contributed by atoms with Crippen molar-refractivity contribution < 1.29 is 25.9 Å². The summed E-state index contributed by atoms with van der Waals surface area (Å²) in [5.74, 6) is 0.548. The zero-order chi connectivity index (χ0) is 42.6. The number of halogens is 1. The van der Waals surface area contributed by atoms with Gasteiger partial charge in [-0.2, -0.15) is 11.3 Å². The van der Waals surface area contributed by atoms with E-state index in [9.17, 15) is 4.39 Å². The standard InChI is InChI=1S/C38H29N4S.C14H15FNSi.Ir/c1-23-13-18-29-31(39-23)20-21-32-34(29)42(26-16-14-25(15-17-26)24-9-6-5-7-10-24)36(40-32)30-12-8-11-27-28-19-22-33(38(2,3)4)41-37(28)43-35(27)30;1-17(2,3)13-8-9-14(16-10-13)11-4-6-12(15)7-5-11;/h5-11,13-22H,1-4H3;4,6-10H,1-3H3;/q2*-1;/i;8D;. The molecule has 0 spiro atoms. The average molecular weight is 1010 g/mol. The Morgan fingerprint density at radius 3 is 2.18 bits per heavy atom. The van der Waals surface area contributed by atoms with Crippen LogP contribution in [0.15, 0.2) is 140 Å². The van der Waals surface area contributed by atoms with Crippen LogP contribution < -0.4 is 5.19 Å². The summed E-state index contributed by atoms with van der Waals surface area (Å²) in [5, 5.41) is 4.47. The van der Waals surface area contributed by atoms with Crippen molar-refractivity contribution in [1.29, 1.82) is 0 Å². The molecule has 0 N–H and O–H groups in total. The number of thiophene rings is 1. The van der Waals surface area contributed by atoms with Crippen molar-refractivity contribution in [3.05, 3.63) is 169 Å². The molecule has 5 nitrogen and oxygen atoms in total. The summed E-state index contributed by atoms with van der Waals surface area (Å²) in [7, 11) is -1.53. The van der Waals surface area contributed by atoms with Gasteiger partial charge in [-0.05, 0) is 81.5 Å². The molecule has 0 unspecified atom stereocenters. The van der Waals surface area contributed by atoms with Crippen LogP contribution in [-0.2, 0) is 25.5 Å². The first-order valence-electron chi connectivity index (χ1n) is 20.6. The molecule has 0 aliphatic heterocycles. The molecule has 10 rings (SSSR count). The summed E-state index contributed by atoms with van der Waals surface area (Å²) >= 11 is 1.72. The van der Waals surface area contributed by atoms with Crippen molar-refractivity contribution >= 4 is 66.8 Å². The molecule has 0 saturated carbocycles. The Morgan fingerprint density at radius 1 is 0.738 bits per heavy atom. The molecule has 0 fully saturated rings. The van der Waals surface area contributed by atoms with Crippen molar-refractivity contribution in [1.82, 2.24) is 24.5 Å². The van der Waals surface area contributed by atoms with Gasteiger partial charge in [0.1, 0.15) is 4.83 Å². The van der Waals surface area contributed by atoms with Gasteiger partial charge in [-0.15, -0.1) is 48.0 Å². The third kappa shape index (κ3) is 8.36. The van der Waals surface area contributed by atoms with Crippen LogP contribution in [0.1, 0.15) is 33.5 Å². The zero-order valence-corrected chi connectivity index (χ0v) is 39.3. The average Bonchev–Trinajstić information content (AvgIpc) is 3.82. The molecule has 0 atom stereocenters. The third-order valence-electron chi connectivity index (χ3n) is 10.7. The van der Waals surface area contributed by atoms with Gasteiger partial charge >= 0.3 is 0 Å². The molecule has 5 aromatic carbocycles. The minimum absolute atomic E-state index is 0. The van der Waals surface area contributed by atoms with Crippen molar-refractivity contribution in [2.75, 3.05) is 0 Å². The molecule has 5 aromatic heterocycles. The normalized spacial score (nSPS) is 12.0. The predicted octanol–water partition coefficient (Wildman–Crippen LogP) is 13.3. The Kier molecular flexibility index (Phi) is 11.1. The van der Waals surface area contributed by atoms with Crippen LogP contribution in [0.3, 0.4) is 0 Å². The molecule has 305 valence electrons. The van der Waals surface area contributed by atoms with Crippen molar-refractivity contribution in [2.45, 2.75) is 52.8 Å². The fourth-order valence-electron chi connectivity index (χ4n) is 7.41. The van der Waals surface area contributed by atoms with Gasteiger partial charge in [0.05, 0.1) is 31.8 Å². The SMILES string of the molecule is Cc1ccc2c(ccc3nc(-c4[c-]ccc5c4sc4nc(C(C)(C)C)ccc45)n(-c4ccc(-c5ccccc5)cc4)c32)n1.[2H]c1cc(-c2[c-]cc(F)cc2)ncc1[Si](C)(C)C.[Ir]. The van der Waals surface area contributed by atoms with Gasteiger partial charge < -0.3 is 9.55 Å². The number of hydrogen-bond donors (Lipinski definition) is 0. The van der Waals surface area contributed by atoms with Crippen molar-refractivity contribution in [3.63, 3.8) is 0 Å². The molecular formula is C52H44FIrN5SSi-2. The fourth-order valence-corrected chi connectivity index (χ4v) is 9.53. The van der Waals surface area contributed by atoms with E-state index in [1.165, 1.54) is 34.0 Å². The molecule has 0 aliphatic rings. The van der Waals surface area contributed by atoms with Crippen LogP contribution in [0.4, 0.5) is 4.39 Å². The molecule has 61 heavy (non-hydrogen) atoms. The van der Waals surface area contributed by atoms with E-state index in [0.29, 0.717) is 17.3 Å². The molecule has 0 saturated heterocycles. The van der Waals surface area contributed by atoms with Gasteiger partial charge in [0.15, 0.2) is 0 Å². The van der Waals surface area contributed by atoms with Gasteiger partial charge in [-0.1, -0.05) is 112 Å². The number of hydrogen-bond acceptors (Lipinski definition) is 5. The summed E-state index contributed by atoms with van der Waals surface area (Å²) in [6.07, 6.45) is 1.78. The predicted molar refractivity (Wildman–Crippen MR) is 252 cm³/mol. The fraction of sp³-hybridized carbons (Fsp3) is 0.154. The smallest absolute Gasteiger partial charge is 0.114 e. The van der Waals surface area contributed by atoms with Gasteiger partial charge in [-0.3, -0.25) is 14.4 Å². The maximum absolute atomic E-state index is 12.8. The van der Waals surface area contributed by atoms with Crippen LogP contribution in [0.5, 0.6) is 0 Å². The number of nitrogens with zero attached hydrogens (tertiary/aromatic N) is 5. The summed E-state index contributed by atoms with van der Waals surface area (Å²) in [6, 6.07) is 49.2. The summed E-state index contributed by atoms with van der Waals surface area (Å²) in [5.41, 5.74) is 10.8.